The number of sulfonamides is 1. The Bertz CT molecular complexity index is 816. The van der Waals surface area contributed by atoms with Gasteiger partial charge in [-0.15, -0.1) is 0 Å². The van der Waals surface area contributed by atoms with Crippen molar-refractivity contribution >= 4 is 16.5 Å². The highest BCUT2D eigenvalue weighted by Gasteiger charge is 2.20. The van der Waals surface area contributed by atoms with Crippen LogP contribution in [-0.4, -0.2) is 36.7 Å². The molecule has 26 heavy (non-hydrogen) atoms. The average Bonchev–Trinajstić information content (AvgIpc) is 3.00. The zero-order valence-corrected chi connectivity index (χ0v) is 16.2. The molecule has 0 aliphatic heterocycles. The zero-order chi connectivity index (χ0) is 19.7. The molecule has 0 aliphatic carbocycles. The summed E-state index contributed by atoms with van der Waals surface area (Å²) in [4.78, 5) is 12.6. The lowest BCUT2D eigenvalue weighted by Crippen LogP contribution is -2.25. The van der Waals surface area contributed by atoms with Gasteiger partial charge < -0.3 is 14.4 Å². The third kappa shape index (κ3) is 6.16. The van der Waals surface area contributed by atoms with Crippen LogP contribution in [0.1, 0.15) is 25.1 Å². The van der Waals surface area contributed by atoms with Crippen LogP contribution >= 0.6 is 0 Å². The van der Waals surface area contributed by atoms with Gasteiger partial charge in [-0.25, -0.2) is 18.1 Å². The van der Waals surface area contributed by atoms with Gasteiger partial charge in [-0.3, -0.25) is 4.79 Å². The van der Waals surface area contributed by atoms with E-state index >= 15 is 0 Å². The number of carbonyl (C=O) groups is 1. The molecule has 0 unspecified atom stereocenters. The molecule has 0 amide bonds. The van der Waals surface area contributed by atoms with E-state index in [9.17, 15) is 8.42 Å². The van der Waals surface area contributed by atoms with Crippen LogP contribution in [0.2, 0.25) is 0 Å². The Kier molecular flexibility index (Phi) is 8.27. The van der Waals surface area contributed by atoms with Gasteiger partial charge >= 0.3 is 0 Å². The van der Waals surface area contributed by atoms with E-state index in [1.807, 2.05) is 17.6 Å². The molecule has 2 rings (SSSR count). The van der Waals surface area contributed by atoms with Gasteiger partial charge in [0.2, 0.25) is 10.0 Å². The predicted molar refractivity (Wildman–Crippen MR) is 97.5 cm³/mol. The minimum absolute atomic E-state index is 0.148. The lowest BCUT2D eigenvalue weighted by atomic mass is 10.2. The molecule has 1 aromatic heterocycles. The Hall–Kier alpha value is -2.39. The number of rotatable bonds is 7. The quantitative estimate of drug-likeness (QED) is 0.708. The van der Waals surface area contributed by atoms with E-state index in [2.05, 4.69) is 23.6 Å². The maximum Gasteiger partial charge on any atom is 0.290 e. The van der Waals surface area contributed by atoms with Gasteiger partial charge in [0.25, 0.3) is 6.47 Å². The van der Waals surface area contributed by atoms with Crippen molar-refractivity contribution in [2.75, 3.05) is 7.11 Å². The van der Waals surface area contributed by atoms with Crippen molar-refractivity contribution < 1.29 is 23.1 Å². The Morgan fingerprint density at radius 1 is 1.38 bits per heavy atom. The highest BCUT2D eigenvalue weighted by atomic mass is 32.2. The zero-order valence-electron chi connectivity index (χ0n) is 15.3. The number of carboxylic acid groups (broad SMARTS) is 1. The highest BCUT2D eigenvalue weighted by Crippen LogP contribution is 2.24. The molecule has 0 fully saturated rings. The molecule has 1 heterocycles. The maximum absolute atomic E-state index is 12.6. The summed E-state index contributed by atoms with van der Waals surface area (Å²) in [7, 11) is -2.20. The molecule has 2 N–H and O–H groups in total. The van der Waals surface area contributed by atoms with Crippen molar-refractivity contribution in [1.82, 2.24) is 14.3 Å². The molecule has 1 aromatic carbocycles. The third-order valence-corrected chi connectivity index (χ3v) is 4.83. The number of aryl methyl sites for hydroxylation is 1. The largest absolute Gasteiger partial charge is 0.495 e. The number of nitrogens with zero attached hydrogens (tertiary/aromatic N) is 2. The van der Waals surface area contributed by atoms with Gasteiger partial charge in [-0.1, -0.05) is 19.9 Å². The monoisotopic (exact) mass is 383 g/mol. The first-order valence-corrected chi connectivity index (χ1v) is 9.44. The van der Waals surface area contributed by atoms with Crippen LogP contribution in [0.25, 0.3) is 0 Å². The lowest BCUT2D eigenvalue weighted by molar-refractivity contribution is -0.122. The minimum Gasteiger partial charge on any atom is -0.495 e. The van der Waals surface area contributed by atoms with E-state index < -0.39 is 10.0 Å². The van der Waals surface area contributed by atoms with Crippen molar-refractivity contribution in [3.8, 4) is 5.75 Å². The van der Waals surface area contributed by atoms with E-state index in [1.165, 1.54) is 7.11 Å². The summed E-state index contributed by atoms with van der Waals surface area (Å²) in [5, 5.41) is 6.89. The lowest BCUT2D eigenvalue weighted by Gasteiger charge is -2.13. The third-order valence-electron chi connectivity index (χ3n) is 3.41. The SMILES string of the molecule is COc1ccc(C)cc1S(=O)(=O)NCc1cncn1CC(C)C.O=CO. The first-order chi connectivity index (χ1) is 12.2. The maximum atomic E-state index is 12.6. The van der Waals surface area contributed by atoms with Gasteiger partial charge in [-0.05, 0) is 30.5 Å². The molecule has 8 nitrogen and oxygen atoms in total. The van der Waals surface area contributed by atoms with Gasteiger partial charge in [0, 0.05) is 12.7 Å². The predicted octanol–water partition coefficient (Wildman–Crippen LogP) is 2.04. The van der Waals surface area contributed by atoms with Gasteiger partial charge in [0.15, 0.2) is 0 Å². The Morgan fingerprint density at radius 2 is 2.04 bits per heavy atom. The summed E-state index contributed by atoms with van der Waals surface area (Å²) in [6.07, 6.45) is 3.40. The number of benzene rings is 1. The first kappa shape index (κ1) is 21.7. The summed E-state index contributed by atoms with van der Waals surface area (Å²) in [6.45, 7) is 6.78. The van der Waals surface area contributed by atoms with E-state index in [4.69, 9.17) is 14.6 Å². The first-order valence-electron chi connectivity index (χ1n) is 7.96. The van der Waals surface area contributed by atoms with Crippen molar-refractivity contribution in [3.63, 3.8) is 0 Å². The van der Waals surface area contributed by atoms with Gasteiger partial charge in [0.1, 0.15) is 10.6 Å². The summed E-state index contributed by atoms with van der Waals surface area (Å²) >= 11 is 0. The normalized spacial score (nSPS) is 11.0. The molecule has 9 heteroatoms. The number of imidazole rings is 1. The van der Waals surface area contributed by atoms with Crippen LogP contribution in [0.5, 0.6) is 5.75 Å². The second-order valence-electron chi connectivity index (χ2n) is 6.02. The molecule has 0 spiro atoms. The molecule has 0 saturated carbocycles. The standard InChI is InChI=1S/C16H23N3O3S.CH2O2/c1-12(2)10-19-11-17-8-14(19)9-18-23(20,21)16-7-13(3)5-6-15(16)22-4;2-1-3/h5-8,11-12,18H,9-10H2,1-4H3;1H,(H,2,3). The van der Waals surface area contributed by atoms with Crippen LogP contribution in [0.3, 0.4) is 0 Å². The summed E-state index contributed by atoms with van der Waals surface area (Å²) in [6, 6.07) is 5.08. The number of methoxy groups -OCH3 is 1. The second-order valence-corrected chi connectivity index (χ2v) is 7.75. The molecule has 144 valence electrons. The molecular weight excluding hydrogens is 358 g/mol. The number of hydrogen-bond acceptors (Lipinski definition) is 5. The number of nitrogens with one attached hydrogen (secondary N) is 1. The molecular formula is C17H25N3O5S. The molecule has 0 radical (unpaired) electrons. The Morgan fingerprint density at radius 3 is 2.62 bits per heavy atom. The van der Waals surface area contributed by atoms with E-state index in [0.717, 1.165) is 17.8 Å². The summed E-state index contributed by atoms with van der Waals surface area (Å²) in [5.41, 5.74) is 1.69. The fraction of sp³-hybridized carbons (Fsp3) is 0.412. The van der Waals surface area contributed by atoms with E-state index in [-0.39, 0.29) is 17.9 Å². The number of hydrogen-bond donors (Lipinski definition) is 2. The van der Waals surface area contributed by atoms with Gasteiger partial charge in [0.05, 0.1) is 25.7 Å². The fourth-order valence-electron chi connectivity index (χ4n) is 2.29. The van der Waals surface area contributed by atoms with Crippen LogP contribution < -0.4 is 9.46 Å². The smallest absolute Gasteiger partial charge is 0.290 e. The van der Waals surface area contributed by atoms with Gasteiger partial charge in [-0.2, -0.15) is 0 Å². The second kappa shape index (κ2) is 9.93. The molecule has 2 aromatic rings. The topological polar surface area (TPSA) is 111 Å². The number of ether oxygens (including phenoxy) is 1. The van der Waals surface area contributed by atoms with Crippen LogP contribution in [0, 0.1) is 12.8 Å². The van der Waals surface area contributed by atoms with Crippen molar-refractivity contribution in [2.24, 2.45) is 5.92 Å². The molecule has 0 saturated heterocycles. The van der Waals surface area contributed by atoms with Crippen LogP contribution in [-0.2, 0) is 27.9 Å². The highest BCUT2D eigenvalue weighted by molar-refractivity contribution is 7.89. The van der Waals surface area contributed by atoms with E-state index in [1.54, 1.807) is 24.7 Å². The van der Waals surface area contributed by atoms with E-state index in [0.29, 0.717) is 11.7 Å². The molecule has 0 atom stereocenters. The summed E-state index contributed by atoms with van der Waals surface area (Å²) < 4.78 is 34.9. The Balaban J connectivity index is 0.00000105. The number of aromatic nitrogens is 2. The Labute approximate surface area is 153 Å². The van der Waals surface area contributed by atoms with Crippen molar-refractivity contribution in [1.29, 1.82) is 0 Å². The van der Waals surface area contributed by atoms with Crippen LogP contribution in [0.15, 0.2) is 35.6 Å². The average molecular weight is 383 g/mol. The minimum atomic E-state index is -3.66. The molecule has 0 bridgehead atoms. The summed E-state index contributed by atoms with van der Waals surface area (Å²) in [5.74, 6) is 0.787. The van der Waals surface area contributed by atoms with Crippen molar-refractivity contribution in [3.05, 3.63) is 42.0 Å². The van der Waals surface area contributed by atoms with Crippen LogP contribution in [0.4, 0.5) is 0 Å². The molecule has 0 aliphatic rings. The van der Waals surface area contributed by atoms with Crippen molar-refractivity contribution in [2.45, 2.75) is 38.8 Å². The fourth-order valence-corrected chi connectivity index (χ4v) is 3.54.